The molecule has 6 aromatic rings. The molecular weight excluding hydrogens is 509 g/mol. The summed E-state index contributed by atoms with van der Waals surface area (Å²) in [6.45, 7) is 3.81. The third-order valence-electron chi connectivity index (χ3n) is 7.29. The van der Waals surface area contributed by atoms with Crippen LogP contribution in [0.15, 0.2) is 67.3 Å². The van der Waals surface area contributed by atoms with Gasteiger partial charge in [0, 0.05) is 52.4 Å². The van der Waals surface area contributed by atoms with Crippen LogP contribution in [0.2, 0.25) is 0 Å². The summed E-state index contributed by atoms with van der Waals surface area (Å²) in [6.07, 6.45) is 9.43. The van der Waals surface area contributed by atoms with Crippen molar-refractivity contribution in [3.63, 3.8) is 0 Å². The number of nitrogens with zero attached hydrogens (tertiary/aromatic N) is 5. The summed E-state index contributed by atoms with van der Waals surface area (Å²) in [5.74, 6) is 0.0296. The zero-order valence-corrected chi connectivity index (χ0v) is 21.6. The second-order valence-corrected chi connectivity index (χ2v) is 10.00. The van der Waals surface area contributed by atoms with E-state index in [9.17, 15) is 9.50 Å². The molecule has 9 nitrogen and oxygen atoms in total. The molecule has 0 spiro atoms. The minimum Gasteiger partial charge on any atom is -0.508 e. The van der Waals surface area contributed by atoms with Crippen LogP contribution < -0.4 is 4.74 Å². The molecule has 1 aliphatic heterocycles. The molecule has 5 aromatic heterocycles. The van der Waals surface area contributed by atoms with Gasteiger partial charge in [0.25, 0.3) is 0 Å². The van der Waals surface area contributed by atoms with Crippen molar-refractivity contribution >= 4 is 21.8 Å². The highest BCUT2D eigenvalue weighted by Crippen LogP contribution is 2.35. The first-order valence-electron chi connectivity index (χ1n) is 13.2. The van der Waals surface area contributed by atoms with Gasteiger partial charge in [-0.1, -0.05) is 0 Å². The SMILES string of the molecule is Oc1cc(F)cc(-c2nccc3[nH]c(-c4n[nH]c5cnc(-c6cncc(OCCN7CCCC7)c6)cc45)cc23)c1. The van der Waals surface area contributed by atoms with E-state index in [0.29, 0.717) is 29.3 Å². The Morgan fingerprint density at radius 1 is 0.900 bits per heavy atom. The highest BCUT2D eigenvalue weighted by atomic mass is 19.1. The molecule has 7 rings (SSSR count). The largest absolute Gasteiger partial charge is 0.508 e. The number of likely N-dealkylation sites (tertiary alicyclic amines) is 1. The van der Waals surface area contributed by atoms with Crippen LogP contribution in [0.4, 0.5) is 4.39 Å². The number of pyridine rings is 3. The van der Waals surface area contributed by atoms with Crippen LogP contribution >= 0.6 is 0 Å². The van der Waals surface area contributed by atoms with Crippen molar-refractivity contribution in [2.75, 3.05) is 26.2 Å². The van der Waals surface area contributed by atoms with Gasteiger partial charge in [0.05, 0.1) is 35.0 Å². The zero-order chi connectivity index (χ0) is 27.1. The van der Waals surface area contributed by atoms with Gasteiger partial charge < -0.3 is 14.8 Å². The predicted octanol–water partition coefficient (Wildman–Crippen LogP) is 5.55. The number of phenolic OH excluding ortho intramolecular Hbond substituents is 1. The summed E-state index contributed by atoms with van der Waals surface area (Å²) in [6, 6.07) is 11.6. The molecule has 10 heteroatoms. The second kappa shape index (κ2) is 10.0. The Morgan fingerprint density at radius 2 is 1.77 bits per heavy atom. The molecule has 1 aromatic carbocycles. The minimum absolute atomic E-state index is 0.154. The predicted molar refractivity (Wildman–Crippen MR) is 150 cm³/mol. The highest BCUT2D eigenvalue weighted by molar-refractivity contribution is 6.00. The van der Waals surface area contributed by atoms with Crippen molar-refractivity contribution in [2.24, 2.45) is 0 Å². The standard InChI is InChI=1S/C30H26FN7O2/c31-20-9-18(10-21(39)12-20)29-23-14-27(35-25(23)3-4-33-29)30-24-13-26(34-17-28(24)36-37-30)19-11-22(16-32-15-19)40-8-7-38-5-1-2-6-38/h3-4,9-17,35,39H,1-2,5-8H2,(H,36,37). The number of nitrogens with one attached hydrogen (secondary N) is 2. The van der Waals surface area contributed by atoms with Gasteiger partial charge in [-0.3, -0.25) is 25.0 Å². The maximum Gasteiger partial charge on any atom is 0.138 e. The molecule has 0 radical (unpaired) electrons. The van der Waals surface area contributed by atoms with Gasteiger partial charge >= 0.3 is 0 Å². The summed E-state index contributed by atoms with van der Waals surface area (Å²) >= 11 is 0. The quantitative estimate of drug-likeness (QED) is 0.245. The minimum atomic E-state index is -0.529. The number of aromatic hydroxyl groups is 1. The second-order valence-electron chi connectivity index (χ2n) is 10.00. The number of halogens is 1. The van der Waals surface area contributed by atoms with Gasteiger partial charge in [0.1, 0.15) is 29.6 Å². The van der Waals surface area contributed by atoms with Crippen LogP contribution in [0.5, 0.6) is 11.5 Å². The molecule has 0 atom stereocenters. The molecule has 0 bridgehead atoms. The molecule has 1 saturated heterocycles. The summed E-state index contributed by atoms with van der Waals surface area (Å²) in [7, 11) is 0. The number of rotatable bonds is 7. The number of aromatic amines is 2. The Hall–Kier alpha value is -4.83. The van der Waals surface area contributed by atoms with Crippen molar-refractivity contribution in [1.82, 2.24) is 35.0 Å². The lowest BCUT2D eigenvalue weighted by molar-refractivity contribution is 0.237. The topological polar surface area (TPSA) is 116 Å². The van der Waals surface area contributed by atoms with Gasteiger partial charge in [-0.2, -0.15) is 5.10 Å². The van der Waals surface area contributed by atoms with Crippen LogP contribution in [0, 0.1) is 5.82 Å². The van der Waals surface area contributed by atoms with E-state index in [1.165, 1.54) is 25.0 Å². The van der Waals surface area contributed by atoms with E-state index in [0.717, 1.165) is 64.5 Å². The fourth-order valence-corrected chi connectivity index (χ4v) is 5.34. The van der Waals surface area contributed by atoms with Crippen LogP contribution in [0.25, 0.3) is 55.7 Å². The van der Waals surface area contributed by atoms with Crippen LogP contribution in [-0.2, 0) is 0 Å². The maximum absolute atomic E-state index is 14.0. The Bertz CT molecular complexity index is 1820. The summed E-state index contributed by atoms with van der Waals surface area (Å²) in [5, 5.41) is 19.2. The van der Waals surface area contributed by atoms with Crippen molar-refractivity contribution < 1.29 is 14.2 Å². The number of hydrogen-bond acceptors (Lipinski definition) is 7. The van der Waals surface area contributed by atoms with E-state index >= 15 is 0 Å². The van der Waals surface area contributed by atoms with Gasteiger partial charge in [0.2, 0.25) is 0 Å². The van der Waals surface area contributed by atoms with Crippen molar-refractivity contribution in [3.05, 3.63) is 73.1 Å². The monoisotopic (exact) mass is 535 g/mol. The number of phenols is 1. The van der Waals surface area contributed by atoms with Gasteiger partial charge in [0.15, 0.2) is 0 Å². The van der Waals surface area contributed by atoms with Crippen LogP contribution in [0.1, 0.15) is 12.8 Å². The number of aromatic nitrogens is 6. The Labute approximate surface area is 228 Å². The number of H-pyrrole nitrogens is 2. The van der Waals surface area contributed by atoms with Gasteiger partial charge in [-0.15, -0.1) is 0 Å². The third kappa shape index (κ3) is 4.62. The molecule has 6 heterocycles. The first-order chi connectivity index (χ1) is 19.6. The van der Waals surface area contributed by atoms with E-state index < -0.39 is 5.82 Å². The molecule has 0 amide bonds. The van der Waals surface area contributed by atoms with Crippen LogP contribution in [0.3, 0.4) is 0 Å². The fraction of sp³-hybridized carbons (Fsp3) is 0.200. The lowest BCUT2D eigenvalue weighted by Gasteiger charge is -2.15. The van der Waals surface area contributed by atoms with E-state index in [1.807, 2.05) is 24.3 Å². The summed E-state index contributed by atoms with van der Waals surface area (Å²) < 4.78 is 20.0. The van der Waals surface area contributed by atoms with E-state index in [2.05, 4.69) is 35.0 Å². The molecule has 0 unspecified atom stereocenters. The average molecular weight is 536 g/mol. The Balaban J connectivity index is 1.21. The lowest BCUT2D eigenvalue weighted by atomic mass is 10.1. The summed E-state index contributed by atoms with van der Waals surface area (Å²) in [4.78, 5) is 19.3. The number of benzene rings is 1. The smallest absolute Gasteiger partial charge is 0.138 e. The van der Waals surface area contributed by atoms with E-state index in [1.54, 1.807) is 24.8 Å². The maximum atomic E-state index is 14.0. The number of hydrogen-bond donors (Lipinski definition) is 3. The van der Waals surface area contributed by atoms with Gasteiger partial charge in [-0.25, -0.2) is 4.39 Å². The highest BCUT2D eigenvalue weighted by Gasteiger charge is 2.17. The Morgan fingerprint density at radius 3 is 2.65 bits per heavy atom. The van der Waals surface area contributed by atoms with Crippen LogP contribution in [-0.4, -0.2) is 66.4 Å². The molecule has 1 aliphatic rings. The molecular formula is C30H26FN7O2. The van der Waals surface area contributed by atoms with Crippen molar-refractivity contribution in [3.8, 4) is 45.4 Å². The lowest BCUT2D eigenvalue weighted by Crippen LogP contribution is -2.25. The van der Waals surface area contributed by atoms with Crippen molar-refractivity contribution in [2.45, 2.75) is 12.8 Å². The zero-order valence-electron chi connectivity index (χ0n) is 21.6. The molecule has 0 aliphatic carbocycles. The molecule has 1 fully saturated rings. The first-order valence-corrected chi connectivity index (χ1v) is 13.2. The van der Waals surface area contributed by atoms with Crippen molar-refractivity contribution in [1.29, 1.82) is 0 Å². The molecule has 3 N–H and O–H groups in total. The molecule has 200 valence electrons. The average Bonchev–Trinajstić information content (AvgIpc) is 3.71. The first kappa shape index (κ1) is 24.2. The summed E-state index contributed by atoms with van der Waals surface area (Å²) in [5.41, 5.74) is 5.74. The normalized spacial score (nSPS) is 13.9. The Kier molecular flexibility index (Phi) is 6.09. The third-order valence-corrected chi connectivity index (χ3v) is 7.29. The number of fused-ring (bicyclic) bond motifs is 2. The van der Waals surface area contributed by atoms with Gasteiger partial charge in [-0.05, 0) is 62.3 Å². The molecule has 0 saturated carbocycles. The number of ether oxygens (including phenoxy) is 1. The fourth-order valence-electron chi connectivity index (χ4n) is 5.34. The van der Waals surface area contributed by atoms with E-state index in [-0.39, 0.29) is 5.75 Å². The van der Waals surface area contributed by atoms with E-state index in [4.69, 9.17) is 4.74 Å². The molecule has 40 heavy (non-hydrogen) atoms.